The molecule has 0 aliphatic heterocycles. The summed E-state index contributed by atoms with van der Waals surface area (Å²) < 4.78 is 0. The van der Waals surface area contributed by atoms with E-state index in [4.69, 9.17) is 11.5 Å². The summed E-state index contributed by atoms with van der Waals surface area (Å²) in [6, 6.07) is 8.69. The molecule has 1 aromatic rings. The fraction of sp³-hybridized carbons (Fsp3) is 0.600. The first-order valence-electron chi connectivity index (χ1n) is 6.64. The van der Waals surface area contributed by atoms with Crippen molar-refractivity contribution in [2.45, 2.75) is 52.1 Å². The Morgan fingerprint density at radius 1 is 1.12 bits per heavy atom. The lowest BCUT2D eigenvalue weighted by atomic mass is 9.87. The first-order valence-corrected chi connectivity index (χ1v) is 6.64. The summed E-state index contributed by atoms with van der Waals surface area (Å²) in [6.07, 6.45) is 3.45. The van der Waals surface area contributed by atoms with Crippen LogP contribution in [0.2, 0.25) is 0 Å². The van der Waals surface area contributed by atoms with Crippen molar-refractivity contribution in [3.63, 3.8) is 0 Å². The molecule has 0 saturated heterocycles. The van der Waals surface area contributed by atoms with Crippen LogP contribution in [0, 0.1) is 12.8 Å². The van der Waals surface area contributed by atoms with Crippen molar-refractivity contribution in [2.24, 2.45) is 17.4 Å². The summed E-state index contributed by atoms with van der Waals surface area (Å²) >= 11 is 0. The number of unbranched alkanes of at least 4 members (excludes halogenated alkanes) is 1. The highest BCUT2D eigenvalue weighted by atomic mass is 14.7. The van der Waals surface area contributed by atoms with E-state index in [1.165, 1.54) is 24.0 Å². The molecule has 17 heavy (non-hydrogen) atoms. The number of aryl methyl sites for hydroxylation is 1. The Bertz CT molecular complexity index is 318. The average molecular weight is 234 g/mol. The minimum Gasteiger partial charge on any atom is -0.327 e. The molecule has 0 radical (unpaired) electrons. The minimum atomic E-state index is 0.0439. The van der Waals surface area contributed by atoms with Crippen LogP contribution in [0.3, 0.4) is 0 Å². The Labute approximate surface area is 105 Å². The van der Waals surface area contributed by atoms with Gasteiger partial charge in [0.05, 0.1) is 0 Å². The molecule has 0 aromatic heterocycles. The van der Waals surface area contributed by atoms with Gasteiger partial charge in [-0.25, -0.2) is 0 Å². The van der Waals surface area contributed by atoms with Gasteiger partial charge in [-0.05, 0) is 24.8 Å². The average Bonchev–Trinajstić information content (AvgIpc) is 2.35. The van der Waals surface area contributed by atoms with Gasteiger partial charge in [0.1, 0.15) is 0 Å². The lowest BCUT2D eigenvalue weighted by Gasteiger charge is -2.26. The Morgan fingerprint density at radius 3 is 2.24 bits per heavy atom. The molecule has 3 atom stereocenters. The van der Waals surface area contributed by atoms with Gasteiger partial charge in [-0.15, -0.1) is 0 Å². The largest absolute Gasteiger partial charge is 0.327 e. The van der Waals surface area contributed by atoms with Gasteiger partial charge in [0.25, 0.3) is 0 Å². The van der Waals surface area contributed by atoms with Gasteiger partial charge in [-0.3, -0.25) is 0 Å². The van der Waals surface area contributed by atoms with Crippen LogP contribution in [0.25, 0.3) is 0 Å². The highest BCUT2D eigenvalue weighted by Crippen LogP contribution is 2.23. The van der Waals surface area contributed by atoms with Gasteiger partial charge in [0, 0.05) is 12.1 Å². The number of hydrogen-bond donors (Lipinski definition) is 2. The summed E-state index contributed by atoms with van der Waals surface area (Å²) in [5.41, 5.74) is 14.9. The molecular weight excluding hydrogens is 208 g/mol. The fourth-order valence-corrected chi connectivity index (χ4v) is 2.06. The lowest BCUT2D eigenvalue weighted by molar-refractivity contribution is 0.361. The van der Waals surface area contributed by atoms with Crippen molar-refractivity contribution < 1.29 is 0 Å². The van der Waals surface area contributed by atoms with Gasteiger partial charge >= 0.3 is 0 Å². The second-order valence-corrected chi connectivity index (χ2v) is 5.10. The Hall–Kier alpha value is -0.860. The van der Waals surface area contributed by atoms with E-state index in [0.717, 1.165) is 6.42 Å². The van der Waals surface area contributed by atoms with E-state index in [0.29, 0.717) is 5.92 Å². The molecule has 0 aliphatic carbocycles. The molecule has 0 saturated carbocycles. The predicted molar refractivity (Wildman–Crippen MR) is 74.8 cm³/mol. The van der Waals surface area contributed by atoms with Crippen LogP contribution >= 0.6 is 0 Å². The maximum absolute atomic E-state index is 6.28. The molecule has 2 nitrogen and oxygen atoms in total. The van der Waals surface area contributed by atoms with Crippen molar-refractivity contribution in [1.82, 2.24) is 0 Å². The number of hydrogen-bond acceptors (Lipinski definition) is 2. The Morgan fingerprint density at radius 2 is 1.71 bits per heavy atom. The first-order chi connectivity index (χ1) is 8.06. The molecule has 96 valence electrons. The standard InChI is InChI=1S/C15H26N2/c1-4-5-6-14(16)12(3)15(17)13-9-7-11(2)8-10-13/h7-10,12,14-15H,4-6,16-17H2,1-3H3. The zero-order chi connectivity index (χ0) is 12.8. The summed E-state index contributed by atoms with van der Waals surface area (Å²) in [5.74, 6) is 0.323. The van der Waals surface area contributed by atoms with Gasteiger partial charge in [0.2, 0.25) is 0 Å². The molecule has 1 aromatic carbocycles. The predicted octanol–water partition coefficient (Wildman–Crippen LogP) is 3.15. The van der Waals surface area contributed by atoms with Crippen molar-refractivity contribution in [1.29, 1.82) is 0 Å². The van der Waals surface area contributed by atoms with Crippen LogP contribution in [0.1, 0.15) is 50.3 Å². The SMILES string of the molecule is CCCCC(N)C(C)C(N)c1ccc(C)cc1. The summed E-state index contributed by atoms with van der Waals surface area (Å²) in [5, 5.41) is 0. The zero-order valence-corrected chi connectivity index (χ0v) is 11.3. The third-order valence-electron chi connectivity index (χ3n) is 3.60. The molecule has 0 heterocycles. The Balaban J connectivity index is 2.62. The zero-order valence-electron chi connectivity index (χ0n) is 11.3. The fourth-order valence-electron chi connectivity index (χ4n) is 2.06. The van der Waals surface area contributed by atoms with Crippen LogP contribution in [-0.4, -0.2) is 6.04 Å². The molecule has 0 aliphatic rings. The molecule has 0 fully saturated rings. The monoisotopic (exact) mass is 234 g/mol. The van der Waals surface area contributed by atoms with Crippen LogP contribution in [0.15, 0.2) is 24.3 Å². The maximum Gasteiger partial charge on any atom is 0.0335 e. The molecule has 3 unspecified atom stereocenters. The molecule has 2 heteroatoms. The van der Waals surface area contributed by atoms with Gasteiger partial charge < -0.3 is 11.5 Å². The molecule has 4 N–H and O–H groups in total. The smallest absolute Gasteiger partial charge is 0.0335 e. The van der Waals surface area contributed by atoms with Gasteiger partial charge in [-0.2, -0.15) is 0 Å². The summed E-state index contributed by atoms with van der Waals surface area (Å²) in [4.78, 5) is 0. The van der Waals surface area contributed by atoms with Gasteiger partial charge in [-0.1, -0.05) is 56.5 Å². The second kappa shape index (κ2) is 6.77. The second-order valence-electron chi connectivity index (χ2n) is 5.10. The quantitative estimate of drug-likeness (QED) is 0.794. The molecule has 1 rings (SSSR count). The highest BCUT2D eigenvalue weighted by molar-refractivity contribution is 5.24. The summed E-state index contributed by atoms with van der Waals surface area (Å²) in [6.45, 7) is 6.44. The van der Waals surface area contributed by atoms with E-state index in [2.05, 4.69) is 45.0 Å². The molecule has 0 amide bonds. The number of benzene rings is 1. The van der Waals surface area contributed by atoms with E-state index in [1.807, 2.05) is 0 Å². The third kappa shape index (κ3) is 4.14. The minimum absolute atomic E-state index is 0.0439. The lowest BCUT2D eigenvalue weighted by Crippen LogP contribution is -2.35. The van der Waals surface area contributed by atoms with E-state index in [9.17, 15) is 0 Å². The normalized spacial score (nSPS) is 16.5. The van der Waals surface area contributed by atoms with Gasteiger partial charge in [0.15, 0.2) is 0 Å². The first kappa shape index (κ1) is 14.2. The van der Waals surface area contributed by atoms with Crippen molar-refractivity contribution in [2.75, 3.05) is 0 Å². The topological polar surface area (TPSA) is 52.0 Å². The molecule has 0 spiro atoms. The van der Waals surface area contributed by atoms with E-state index >= 15 is 0 Å². The van der Waals surface area contributed by atoms with Crippen molar-refractivity contribution in [3.05, 3.63) is 35.4 Å². The van der Waals surface area contributed by atoms with Crippen LogP contribution in [0.5, 0.6) is 0 Å². The van der Waals surface area contributed by atoms with Crippen LogP contribution < -0.4 is 11.5 Å². The Kier molecular flexibility index (Phi) is 5.66. The molecule has 0 bridgehead atoms. The van der Waals surface area contributed by atoms with Crippen molar-refractivity contribution >= 4 is 0 Å². The number of rotatable bonds is 6. The summed E-state index contributed by atoms with van der Waals surface area (Å²) in [7, 11) is 0. The van der Waals surface area contributed by atoms with Crippen molar-refractivity contribution in [3.8, 4) is 0 Å². The van der Waals surface area contributed by atoms with E-state index in [1.54, 1.807) is 0 Å². The maximum atomic E-state index is 6.28. The number of nitrogens with two attached hydrogens (primary N) is 2. The van der Waals surface area contributed by atoms with E-state index in [-0.39, 0.29) is 12.1 Å². The van der Waals surface area contributed by atoms with E-state index < -0.39 is 0 Å². The third-order valence-corrected chi connectivity index (χ3v) is 3.60. The highest BCUT2D eigenvalue weighted by Gasteiger charge is 2.20. The molecular formula is C15H26N2. The van der Waals surface area contributed by atoms with Crippen LogP contribution in [-0.2, 0) is 0 Å². The van der Waals surface area contributed by atoms with Crippen LogP contribution in [0.4, 0.5) is 0 Å².